The Morgan fingerprint density at radius 3 is 2.20 bits per heavy atom. The number of rotatable bonds is 4. The molecule has 130 valence electrons. The zero-order valence-electron chi connectivity index (χ0n) is 14.6. The van der Waals surface area contributed by atoms with E-state index in [0.717, 1.165) is 6.42 Å². The van der Waals surface area contributed by atoms with E-state index in [9.17, 15) is 9.59 Å². The van der Waals surface area contributed by atoms with Crippen molar-refractivity contribution in [3.63, 3.8) is 0 Å². The van der Waals surface area contributed by atoms with E-state index in [0.29, 0.717) is 24.3 Å². The number of carbonyl (C=O) groups excluding carboxylic acids is 2. The van der Waals surface area contributed by atoms with Crippen LogP contribution in [0, 0.1) is 0 Å². The standard InChI is InChI=1S/C20H23N3O2/c1-3-14(2)21-19(24)15-8-10-18(11-9-15)22-20(25)23-12-16-6-4-5-7-17(16)13-23/h4-11,14H,3,12-13H2,1-2H3,(H,21,24)(H,22,25). The van der Waals surface area contributed by atoms with Gasteiger partial charge in [-0.3, -0.25) is 4.79 Å². The predicted molar refractivity (Wildman–Crippen MR) is 98.4 cm³/mol. The molecule has 0 saturated heterocycles. The number of nitrogens with one attached hydrogen (secondary N) is 2. The van der Waals surface area contributed by atoms with Crippen LogP contribution in [-0.4, -0.2) is 22.9 Å². The molecule has 25 heavy (non-hydrogen) atoms. The Morgan fingerprint density at radius 2 is 1.64 bits per heavy atom. The average molecular weight is 337 g/mol. The molecule has 1 heterocycles. The minimum absolute atomic E-state index is 0.0952. The second kappa shape index (κ2) is 7.38. The summed E-state index contributed by atoms with van der Waals surface area (Å²) in [5.41, 5.74) is 3.65. The van der Waals surface area contributed by atoms with Gasteiger partial charge >= 0.3 is 6.03 Å². The van der Waals surface area contributed by atoms with E-state index >= 15 is 0 Å². The van der Waals surface area contributed by atoms with Crippen LogP contribution in [0.3, 0.4) is 0 Å². The van der Waals surface area contributed by atoms with Crippen LogP contribution in [0.2, 0.25) is 0 Å². The lowest BCUT2D eigenvalue weighted by atomic mass is 10.1. The van der Waals surface area contributed by atoms with Crippen LogP contribution in [0.5, 0.6) is 0 Å². The molecule has 3 rings (SSSR count). The van der Waals surface area contributed by atoms with Crippen molar-refractivity contribution in [2.45, 2.75) is 39.4 Å². The van der Waals surface area contributed by atoms with Crippen molar-refractivity contribution in [2.75, 3.05) is 5.32 Å². The van der Waals surface area contributed by atoms with Crippen molar-refractivity contribution in [2.24, 2.45) is 0 Å². The summed E-state index contributed by atoms with van der Waals surface area (Å²) in [4.78, 5) is 26.3. The van der Waals surface area contributed by atoms with E-state index in [-0.39, 0.29) is 18.0 Å². The maximum Gasteiger partial charge on any atom is 0.322 e. The van der Waals surface area contributed by atoms with E-state index in [1.807, 2.05) is 38.1 Å². The lowest BCUT2D eigenvalue weighted by Gasteiger charge is -2.16. The normalized spacial score (nSPS) is 13.9. The number of amides is 3. The average Bonchev–Trinajstić information content (AvgIpc) is 3.06. The molecule has 0 aliphatic carbocycles. The van der Waals surface area contributed by atoms with Gasteiger partial charge in [0.05, 0.1) is 0 Å². The third kappa shape index (κ3) is 3.99. The molecule has 0 aromatic heterocycles. The molecule has 0 spiro atoms. The highest BCUT2D eigenvalue weighted by atomic mass is 16.2. The second-order valence-electron chi connectivity index (χ2n) is 6.42. The van der Waals surface area contributed by atoms with Gasteiger partial charge < -0.3 is 15.5 Å². The molecular formula is C20H23N3O2. The third-order valence-electron chi connectivity index (χ3n) is 4.52. The van der Waals surface area contributed by atoms with Crippen LogP contribution in [0.15, 0.2) is 48.5 Å². The Kier molecular flexibility index (Phi) is 5.03. The summed E-state index contributed by atoms with van der Waals surface area (Å²) in [7, 11) is 0. The van der Waals surface area contributed by atoms with E-state index in [1.54, 1.807) is 29.2 Å². The number of urea groups is 1. The van der Waals surface area contributed by atoms with Gasteiger partial charge in [0.2, 0.25) is 0 Å². The molecule has 3 amide bonds. The van der Waals surface area contributed by atoms with Gasteiger partial charge in [-0.05, 0) is 48.7 Å². The molecule has 2 N–H and O–H groups in total. The van der Waals surface area contributed by atoms with E-state index < -0.39 is 0 Å². The number of benzene rings is 2. The van der Waals surface area contributed by atoms with Crippen molar-refractivity contribution in [1.29, 1.82) is 0 Å². The first-order valence-electron chi connectivity index (χ1n) is 8.60. The predicted octanol–water partition coefficient (Wildman–Crippen LogP) is 3.76. The number of carbonyl (C=O) groups is 2. The van der Waals surface area contributed by atoms with Gasteiger partial charge in [0.1, 0.15) is 0 Å². The van der Waals surface area contributed by atoms with Crippen molar-refractivity contribution in [1.82, 2.24) is 10.2 Å². The lowest BCUT2D eigenvalue weighted by molar-refractivity contribution is 0.0939. The summed E-state index contributed by atoms with van der Waals surface area (Å²) < 4.78 is 0. The molecule has 0 radical (unpaired) electrons. The second-order valence-corrected chi connectivity index (χ2v) is 6.42. The summed E-state index contributed by atoms with van der Waals surface area (Å²) in [5.74, 6) is -0.0952. The van der Waals surface area contributed by atoms with Gasteiger partial charge in [-0.2, -0.15) is 0 Å². The molecule has 1 aliphatic heterocycles. The molecule has 1 atom stereocenters. The third-order valence-corrected chi connectivity index (χ3v) is 4.52. The van der Waals surface area contributed by atoms with Gasteiger partial charge in [0.15, 0.2) is 0 Å². The topological polar surface area (TPSA) is 61.4 Å². The van der Waals surface area contributed by atoms with Crippen LogP contribution >= 0.6 is 0 Å². The lowest BCUT2D eigenvalue weighted by Crippen LogP contribution is -2.32. The minimum atomic E-state index is -0.131. The maximum atomic E-state index is 12.4. The molecule has 2 aromatic rings. The van der Waals surface area contributed by atoms with Crippen LogP contribution in [0.1, 0.15) is 41.8 Å². The number of hydrogen-bond acceptors (Lipinski definition) is 2. The molecule has 0 bridgehead atoms. The van der Waals surface area contributed by atoms with Gasteiger partial charge in [0, 0.05) is 30.4 Å². The SMILES string of the molecule is CCC(C)NC(=O)c1ccc(NC(=O)N2Cc3ccccc3C2)cc1. The summed E-state index contributed by atoms with van der Waals surface area (Å²) in [5, 5.41) is 5.82. The Morgan fingerprint density at radius 1 is 1.04 bits per heavy atom. The molecule has 5 nitrogen and oxygen atoms in total. The van der Waals surface area contributed by atoms with Crippen LogP contribution in [0.25, 0.3) is 0 Å². The first-order chi connectivity index (χ1) is 12.1. The fourth-order valence-corrected chi connectivity index (χ4v) is 2.79. The quantitative estimate of drug-likeness (QED) is 0.892. The van der Waals surface area contributed by atoms with Crippen molar-refractivity contribution in [3.8, 4) is 0 Å². The fraction of sp³-hybridized carbons (Fsp3) is 0.300. The largest absolute Gasteiger partial charge is 0.350 e. The number of anilines is 1. The number of fused-ring (bicyclic) bond motifs is 1. The highest BCUT2D eigenvalue weighted by molar-refractivity contribution is 5.95. The Hall–Kier alpha value is -2.82. The molecular weight excluding hydrogens is 314 g/mol. The first-order valence-corrected chi connectivity index (χ1v) is 8.60. The maximum absolute atomic E-state index is 12.4. The van der Waals surface area contributed by atoms with E-state index in [2.05, 4.69) is 10.6 Å². The van der Waals surface area contributed by atoms with Crippen molar-refractivity contribution < 1.29 is 9.59 Å². The highest BCUT2D eigenvalue weighted by Gasteiger charge is 2.22. The monoisotopic (exact) mass is 337 g/mol. The van der Waals surface area contributed by atoms with E-state index in [1.165, 1.54) is 11.1 Å². The summed E-state index contributed by atoms with van der Waals surface area (Å²) in [6.45, 7) is 5.25. The van der Waals surface area contributed by atoms with Gasteiger partial charge in [-0.15, -0.1) is 0 Å². The smallest absolute Gasteiger partial charge is 0.322 e. The zero-order valence-corrected chi connectivity index (χ0v) is 14.6. The Balaban J connectivity index is 1.59. The summed E-state index contributed by atoms with van der Waals surface area (Å²) in [6.07, 6.45) is 0.887. The van der Waals surface area contributed by atoms with Gasteiger partial charge in [0.25, 0.3) is 5.91 Å². The highest BCUT2D eigenvalue weighted by Crippen LogP contribution is 2.23. The number of nitrogens with zero attached hydrogens (tertiary/aromatic N) is 1. The zero-order chi connectivity index (χ0) is 17.8. The van der Waals surface area contributed by atoms with E-state index in [4.69, 9.17) is 0 Å². The molecule has 5 heteroatoms. The Bertz CT molecular complexity index is 746. The summed E-state index contributed by atoms with van der Waals surface area (Å²) in [6, 6.07) is 15.1. The van der Waals surface area contributed by atoms with Gasteiger partial charge in [-0.1, -0.05) is 31.2 Å². The molecule has 1 aliphatic rings. The summed E-state index contributed by atoms with van der Waals surface area (Å²) >= 11 is 0. The van der Waals surface area contributed by atoms with Crippen molar-refractivity contribution in [3.05, 3.63) is 65.2 Å². The molecule has 2 aromatic carbocycles. The molecule has 0 fully saturated rings. The van der Waals surface area contributed by atoms with Crippen LogP contribution in [0.4, 0.5) is 10.5 Å². The fourth-order valence-electron chi connectivity index (χ4n) is 2.79. The minimum Gasteiger partial charge on any atom is -0.350 e. The van der Waals surface area contributed by atoms with Crippen LogP contribution in [-0.2, 0) is 13.1 Å². The Labute approximate surface area is 148 Å². The first kappa shape index (κ1) is 17.0. The molecule has 1 unspecified atom stereocenters. The molecule has 0 saturated carbocycles. The number of hydrogen-bond donors (Lipinski definition) is 2. The van der Waals surface area contributed by atoms with Crippen molar-refractivity contribution >= 4 is 17.6 Å². The van der Waals surface area contributed by atoms with Gasteiger partial charge in [-0.25, -0.2) is 4.79 Å². The van der Waals surface area contributed by atoms with Crippen LogP contribution < -0.4 is 10.6 Å².